The van der Waals surface area contributed by atoms with E-state index in [1.54, 1.807) is 12.1 Å². The Labute approximate surface area is 86.0 Å². The smallest absolute Gasteiger partial charge is 0.196 e. The van der Waals surface area contributed by atoms with E-state index >= 15 is 0 Å². The van der Waals surface area contributed by atoms with Crippen LogP contribution in [0.3, 0.4) is 0 Å². The number of ether oxygens (including phenoxy) is 2. The number of methoxy groups -OCH3 is 2. The van der Waals surface area contributed by atoms with Crippen LogP contribution in [0.2, 0.25) is 0 Å². The molecule has 0 unspecified atom stereocenters. The topological polar surface area (TPSA) is 48.7 Å². The maximum Gasteiger partial charge on any atom is 0.196 e. The minimum atomic E-state index is -0.146. The number of hydrogen-bond donors (Lipinski definition) is 0. The fourth-order valence-corrected chi connectivity index (χ4v) is 1.49. The van der Waals surface area contributed by atoms with Crippen LogP contribution in [0.5, 0.6) is 11.5 Å². The molecule has 0 aliphatic rings. The van der Waals surface area contributed by atoms with Crippen LogP contribution in [-0.4, -0.2) is 14.2 Å². The SMILES string of the molecule is COc1ccc2occc(=O)c2c1OC. The molecule has 0 radical (unpaired) electrons. The predicted molar refractivity (Wildman–Crippen MR) is 55.6 cm³/mol. The minimum absolute atomic E-state index is 0.146. The first-order valence-electron chi connectivity index (χ1n) is 4.40. The van der Waals surface area contributed by atoms with Crippen molar-refractivity contribution < 1.29 is 13.9 Å². The van der Waals surface area contributed by atoms with E-state index in [1.165, 1.54) is 26.5 Å². The molecule has 4 nitrogen and oxygen atoms in total. The van der Waals surface area contributed by atoms with Crippen LogP contribution in [0.25, 0.3) is 11.0 Å². The van der Waals surface area contributed by atoms with Gasteiger partial charge in [-0.05, 0) is 12.1 Å². The zero-order valence-electron chi connectivity index (χ0n) is 8.44. The molecule has 0 amide bonds. The summed E-state index contributed by atoms with van der Waals surface area (Å²) in [6.07, 6.45) is 1.36. The van der Waals surface area contributed by atoms with Crippen LogP contribution < -0.4 is 14.9 Å². The molecule has 2 rings (SSSR count). The first-order chi connectivity index (χ1) is 7.27. The van der Waals surface area contributed by atoms with Gasteiger partial charge in [0.15, 0.2) is 16.9 Å². The Morgan fingerprint density at radius 3 is 2.60 bits per heavy atom. The molecule has 0 aliphatic heterocycles. The summed E-state index contributed by atoms with van der Waals surface area (Å²) < 4.78 is 15.4. The third-order valence-corrected chi connectivity index (χ3v) is 2.17. The van der Waals surface area contributed by atoms with E-state index < -0.39 is 0 Å². The molecule has 78 valence electrons. The van der Waals surface area contributed by atoms with Crippen LogP contribution >= 0.6 is 0 Å². The Bertz CT molecular complexity index is 542. The van der Waals surface area contributed by atoms with Crippen LogP contribution in [0.1, 0.15) is 0 Å². The Hall–Kier alpha value is -1.97. The molecule has 0 aliphatic carbocycles. The number of hydrogen-bond acceptors (Lipinski definition) is 4. The highest BCUT2D eigenvalue weighted by Gasteiger charge is 2.12. The molecule has 0 fully saturated rings. The summed E-state index contributed by atoms with van der Waals surface area (Å²) in [6, 6.07) is 4.73. The van der Waals surface area contributed by atoms with E-state index in [4.69, 9.17) is 13.9 Å². The summed E-state index contributed by atoms with van der Waals surface area (Å²) >= 11 is 0. The maximum absolute atomic E-state index is 11.6. The van der Waals surface area contributed by atoms with Gasteiger partial charge >= 0.3 is 0 Å². The third-order valence-electron chi connectivity index (χ3n) is 2.17. The van der Waals surface area contributed by atoms with Gasteiger partial charge in [0, 0.05) is 6.07 Å². The monoisotopic (exact) mass is 206 g/mol. The predicted octanol–water partition coefficient (Wildman–Crippen LogP) is 1.81. The van der Waals surface area contributed by atoms with Crippen molar-refractivity contribution in [1.82, 2.24) is 0 Å². The van der Waals surface area contributed by atoms with Crippen molar-refractivity contribution in [2.24, 2.45) is 0 Å². The Morgan fingerprint density at radius 2 is 1.93 bits per heavy atom. The summed E-state index contributed by atoms with van der Waals surface area (Å²) in [5.41, 5.74) is 0.340. The van der Waals surface area contributed by atoms with Crippen molar-refractivity contribution in [2.75, 3.05) is 14.2 Å². The molecule has 1 aromatic carbocycles. The number of benzene rings is 1. The van der Waals surface area contributed by atoms with E-state index in [2.05, 4.69) is 0 Å². The van der Waals surface area contributed by atoms with Crippen molar-refractivity contribution in [1.29, 1.82) is 0 Å². The van der Waals surface area contributed by atoms with Gasteiger partial charge in [0.2, 0.25) is 0 Å². The third kappa shape index (κ3) is 1.44. The molecule has 4 heteroatoms. The zero-order valence-corrected chi connectivity index (χ0v) is 8.44. The molecule has 0 bridgehead atoms. The lowest BCUT2D eigenvalue weighted by Crippen LogP contribution is -2.02. The van der Waals surface area contributed by atoms with Gasteiger partial charge in [-0.3, -0.25) is 4.79 Å². The van der Waals surface area contributed by atoms with Crippen LogP contribution in [-0.2, 0) is 0 Å². The van der Waals surface area contributed by atoms with Crippen molar-refractivity contribution >= 4 is 11.0 Å². The van der Waals surface area contributed by atoms with Crippen molar-refractivity contribution in [3.05, 3.63) is 34.7 Å². The van der Waals surface area contributed by atoms with E-state index in [9.17, 15) is 4.79 Å². The first-order valence-corrected chi connectivity index (χ1v) is 4.40. The number of fused-ring (bicyclic) bond motifs is 1. The average molecular weight is 206 g/mol. The molecule has 15 heavy (non-hydrogen) atoms. The van der Waals surface area contributed by atoms with Gasteiger partial charge in [-0.1, -0.05) is 0 Å². The van der Waals surface area contributed by atoms with Crippen molar-refractivity contribution in [3.63, 3.8) is 0 Å². The zero-order chi connectivity index (χ0) is 10.8. The second-order valence-corrected chi connectivity index (χ2v) is 2.96. The van der Waals surface area contributed by atoms with Crippen molar-refractivity contribution in [2.45, 2.75) is 0 Å². The van der Waals surface area contributed by atoms with Gasteiger partial charge in [-0.2, -0.15) is 0 Å². The molecule has 0 N–H and O–H groups in total. The maximum atomic E-state index is 11.6. The summed E-state index contributed by atoms with van der Waals surface area (Å²) in [7, 11) is 3.01. The molecule has 0 saturated heterocycles. The summed E-state index contributed by atoms with van der Waals surface area (Å²) in [6.45, 7) is 0. The quantitative estimate of drug-likeness (QED) is 0.751. The summed E-state index contributed by atoms with van der Waals surface area (Å²) in [5, 5.41) is 0.402. The van der Waals surface area contributed by atoms with Gasteiger partial charge in [0.05, 0.1) is 20.5 Å². The fraction of sp³-hybridized carbons (Fsp3) is 0.182. The lowest BCUT2D eigenvalue weighted by atomic mass is 10.2. The molecular formula is C11H10O4. The van der Waals surface area contributed by atoms with Crippen LogP contribution in [0, 0.1) is 0 Å². The average Bonchev–Trinajstić information content (AvgIpc) is 2.28. The van der Waals surface area contributed by atoms with Gasteiger partial charge in [0.25, 0.3) is 0 Å². The lowest BCUT2D eigenvalue weighted by Gasteiger charge is -2.08. The minimum Gasteiger partial charge on any atom is -0.493 e. The van der Waals surface area contributed by atoms with Gasteiger partial charge in [0.1, 0.15) is 11.0 Å². The summed E-state index contributed by atoms with van der Waals surface area (Å²) in [5.74, 6) is 0.924. The molecule has 0 atom stereocenters. The Morgan fingerprint density at radius 1 is 1.13 bits per heavy atom. The number of rotatable bonds is 2. The second-order valence-electron chi connectivity index (χ2n) is 2.96. The Kier molecular flexibility index (Phi) is 2.33. The van der Waals surface area contributed by atoms with Gasteiger partial charge in [-0.15, -0.1) is 0 Å². The highest BCUT2D eigenvalue weighted by molar-refractivity contribution is 5.86. The first kappa shape index (κ1) is 9.58. The fourth-order valence-electron chi connectivity index (χ4n) is 1.49. The highest BCUT2D eigenvalue weighted by atomic mass is 16.5. The molecule has 1 heterocycles. The van der Waals surface area contributed by atoms with Gasteiger partial charge < -0.3 is 13.9 Å². The van der Waals surface area contributed by atoms with Gasteiger partial charge in [-0.25, -0.2) is 0 Å². The molecule has 2 aromatic rings. The molecular weight excluding hydrogens is 196 g/mol. The largest absolute Gasteiger partial charge is 0.493 e. The van der Waals surface area contributed by atoms with Crippen molar-refractivity contribution in [3.8, 4) is 11.5 Å². The van der Waals surface area contributed by atoms with E-state index in [1.807, 2.05) is 0 Å². The van der Waals surface area contributed by atoms with Crippen LogP contribution in [0.4, 0.5) is 0 Å². The standard InChI is InChI=1S/C11H10O4/c1-13-9-4-3-8-10(11(9)14-2)7(12)5-6-15-8/h3-6H,1-2H3. The Balaban J connectivity index is 2.91. The van der Waals surface area contributed by atoms with E-state index in [-0.39, 0.29) is 5.43 Å². The molecule has 0 spiro atoms. The van der Waals surface area contributed by atoms with E-state index in [0.717, 1.165) is 0 Å². The normalized spacial score (nSPS) is 10.3. The molecule has 1 aromatic heterocycles. The van der Waals surface area contributed by atoms with Crippen LogP contribution in [0.15, 0.2) is 33.7 Å². The second kappa shape index (κ2) is 3.65. The van der Waals surface area contributed by atoms with E-state index in [0.29, 0.717) is 22.5 Å². The lowest BCUT2D eigenvalue weighted by molar-refractivity contribution is 0.358. The summed E-state index contributed by atoms with van der Waals surface area (Å²) in [4.78, 5) is 11.6. The molecule has 0 saturated carbocycles. The highest BCUT2D eigenvalue weighted by Crippen LogP contribution is 2.32.